The lowest BCUT2D eigenvalue weighted by Crippen LogP contribution is -2.35. The Morgan fingerprint density at radius 2 is 2.31 bits per heavy atom. The number of hydrogen-bond acceptors (Lipinski definition) is 2. The predicted octanol–water partition coefficient (Wildman–Crippen LogP) is 3.00. The molecule has 0 N–H and O–H groups in total. The SMILES string of the molecule is CCCC(C)N(C)C(=O)c1cc(Cl)ccn1. The average molecular weight is 241 g/mol. The summed E-state index contributed by atoms with van der Waals surface area (Å²) in [6.07, 6.45) is 3.60. The van der Waals surface area contributed by atoms with E-state index in [0.29, 0.717) is 10.7 Å². The van der Waals surface area contributed by atoms with Crippen LogP contribution in [-0.4, -0.2) is 28.9 Å². The Hall–Kier alpha value is -1.09. The molecular formula is C12H17ClN2O. The van der Waals surface area contributed by atoms with Crippen molar-refractivity contribution in [3.05, 3.63) is 29.0 Å². The first kappa shape index (κ1) is 13.0. The topological polar surface area (TPSA) is 33.2 Å². The largest absolute Gasteiger partial charge is 0.338 e. The van der Waals surface area contributed by atoms with E-state index >= 15 is 0 Å². The third-order valence-electron chi connectivity index (χ3n) is 2.63. The first-order chi connectivity index (χ1) is 7.56. The minimum absolute atomic E-state index is 0.0801. The maximum atomic E-state index is 12.0. The Balaban J connectivity index is 2.77. The second-order valence-electron chi connectivity index (χ2n) is 3.91. The van der Waals surface area contributed by atoms with Crippen LogP contribution in [0.15, 0.2) is 18.3 Å². The Kier molecular flexibility index (Phi) is 4.74. The number of nitrogens with zero attached hydrogens (tertiary/aromatic N) is 2. The van der Waals surface area contributed by atoms with Gasteiger partial charge in [0.2, 0.25) is 0 Å². The van der Waals surface area contributed by atoms with Crippen LogP contribution in [-0.2, 0) is 0 Å². The van der Waals surface area contributed by atoms with Crippen LogP contribution in [0.2, 0.25) is 5.02 Å². The summed E-state index contributed by atoms with van der Waals surface area (Å²) >= 11 is 5.82. The van der Waals surface area contributed by atoms with Gasteiger partial charge in [-0.1, -0.05) is 24.9 Å². The zero-order valence-electron chi connectivity index (χ0n) is 9.90. The summed E-state index contributed by atoms with van der Waals surface area (Å²) in [6, 6.07) is 3.48. The second-order valence-corrected chi connectivity index (χ2v) is 4.35. The third-order valence-corrected chi connectivity index (χ3v) is 2.86. The van der Waals surface area contributed by atoms with E-state index in [-0.39, 0.29) is 11.9 Å². The summed E-state index contributed by atoms with van der Waals surface area (Å²) in [6.45, 7) is 4.14. The molecule has 0 bridgehead atoms. The lowest BCUT2D eigenvalue weighted by Gasteiger charge is -2.24. The molecule has 3 nitrogen and oxygen atoms in total. The van der Waals surface area contributed by atoms with Crippen LogP contribution < -0.4 is 0 Å². The number of aromatic nitrogens is 1. The van der Waals surface area contributed by atoms with Gasteiger partial charge in [0.05, 0.1) is 0 Å². The van der Waals surface area contributed by atoms with Gasteiger partial charge in [-0.25, -0.2) is 0 Å². The quantitative estimate of drug-likeness (QED) is 0.811. The van der Waals surface area contributed by atoms with Gasteiger partial charge in [-0.2, -0.15) is 0 Å². The molecule has 0 aliphatic carbocycles. The fourth-order valence-corrected chi connectivity index (χ4v) is 1.67. The van der Waals surface area contributed by atoms with E-state index < -0.39 is 0 Å². The van der Waals surface area contributed by atoms with Gasteiger partial charge in [-0.3, -0.25) is 9.78 Å². The average Bonchev–Trinajstić information content (AvgIpc) is 2.27. The van der Waals surface area contributed by atoms with E-state index in [1.165, 1.54) is 0 Å². The molecular weight excluding hydrogens is 224 g/mol. The summed E-state index contributed by atoms with van der Waals surface area (Å²) in [5, 5.41) is 0.537. The number of carbonyl (C=O) groups is 1. The summed E-state index contributed by atoms with van der Waals surface area (Å²) in [5.74, 6) is -0.0801. The molecule has 1 rings (SSSR count). The second kappa shape index (κ2) is 5.85. The van der Waals surface area contributed by atoms with Crippen molar-refractivity contribution in [2.45, 2.75) is 32.7 Å². The zero-order chi connectivity index (χ0) is 12.1. The molecule has 1 unspecified atom stereocenters. The molecule has 88 valence electrons. The van der Waals surface area contributed by atoms with Crippen molar-refractivity contribution in [3.8, 4) is 0 Å². The van der Waals surface area contributed by atoms with Crippen molar-refractivity contribution >= 4 is 17.5 Å². The summed E-state index contributed by atoms with van der Waals surface area (Å²) < 4.78 is 0. The number of pyridine rings is 1. The number of rotatable bonds is 4. The van der Waals surface area contributed by atoms with E-state index in [1.54, 1.807) is 30.3 Å². The van der Waals surface area contributed by atoms with E-state index in [1.807, 2.05) is 6.92 Å². The molecule has 1 aromatic rings. The van der Waals surface area contributed by atoms with Crippen LogP contribution in [0.25, 0.3) is 0 Å². The first-order valence-corrected chi connectivity index (χ1v) is 5.82. The van der Waals surface area contributed by atoms with E-state index in [9.17, 15) is 4.79 Å². The van der Waals surface area contributed by atoms with Crippen molar-refractivity contribution in [3.63, 3.8) is 0 Å². The highest BCUT2D eigenvalue weighted by Crippen LogP contribution is 2.12. The highest BCUT2D eigenvalue weighted by atomic mass is 35.5. The monoisotopic (exact) mass is 240 g/mol. The molecule has 1 aromatic heterocycles. The lowest BCUT2D eigenvalue weighted by atomic mass is 10.1. The molecule has 0 aliphatic heterocycles. The van der Waals surface area contributed by atoms with E-state index in [2.05, 4.69) is 11.9 Å². The van der Waals surface area contributed by atoms with Crippen molar-refractivity contribution in [1.82, 2.24) is 9.88 Å². The molecule has 0 fully saturated rings. The molecule has 0 aliphatic rings. The van der Waals surface area contributed by atoms with Gasteiger partial charge in [0.1, 0.15) is 5.69 Å². The Bertz CT molecular complexity index is 368. The van der Waals surface area contributed by atoms with Crippen molar-refractivity contribution < 1.29 is 4.79 Å². The fraction of sp³-hybridized carbons (Fsp3) is 0.500. The Morgan fingerprint density at radius 3 is 2.88 bits per heavy atom. The van der Waals surface area contributed by atoms with E-state index in [4.69, 9.17) is 11.6 Å². The zero-order valence-corrected chi connectivity index (χ0v) is 10.7. The summed E-state index contributed by atoms with van der Waals surface area (Å²) in [7, 11) is 1.80. The third kappa shape index (κ3) is 3.20. The van der Waals surface area contributed by atoms with Crippen LogP contribution in [0.1, 0.15) is 37.2 Å². The number of hydrogen-bond donors (Lipinski definition) is 0. The minimum Gasteiger partial charge on any atom is -0.338 e. The lowest BCUT2D eigenvalue weighted by molar-refractivity contribution is 0.0731. The Morgan fingerprint density at radius 1 is 1.62 bits per heavy atom. The first-order valence-electron chi connectivity index (χ1n) is 5.45. The molecule has 0 saturated carbocycles. The highest BCUT2D eigenvalue weighted by molar-refractivity contribution is 6.30. The minimum atomic E-state index is -0.0801. The Labute approximate surface area is 101 Å². The number of halogens is 1. The predicted molar refractivity (Wildman–Crippen MR) is 65.7 cm³/mol. The molecule has 0 spiro atoms. The molecule has 4 heteroatoms. The van der Waals surface area contributed by atoms with Gasteiger partial charge in [0.25, 0.3) is 5.91 Å². The normalized spacial score (nSPS) is 12.2. The van der Waals surface area contributed by atoms with Crippen LogP contribution in [0.5, 0.6) is 0 Å². The van der Waals surface area contributed by atoms with Crippen LogP contribution in [0.4, 0.5) is 0 Å². The van der Waals surface area contributed by atoms with Gasteiger partial charge >= 0.3 is 0 Å². The summed E-state index contributed by atoms with van der Waals surface area (Å²) in [4.78, 5) is 17.8. The van der Waals surface area contributed by atoms with Crippen molar-refractivity contribution in [2.75, 3.05) is 7.05 Å². The molecule has 0 saturated heterocycles. The van der Waals surface area contributed by atoms with Crippen LogP contribution in [0, 0.1) is 0 Å². The highest BCUT2D eigenvalue weighted by Gasteiger charge is 2.17. The molecule has 1 heterocycles. The number of amides is 1. The molecule has 0 aromatic carbocycles. The van der Waals surface area contributed by atoms with Gasteiger partial charge in [0.15, 0.2) is 0 Å². The summed E-state index contributed by atoms with van der Waals surface area (Å²) in [5.41, 5.74) is 0.401. The fourth-order valence-electron chi connectivity index (χ4n) is 1.51. The molecule has 1 amide bonds. The van der Waals surface area contributed by atoms with Crippen molar-refractivity contribution in [1.29, 1.82) is 0 Å². The number of carbonyl (C=O) groups excluding carboxylic acids is 1. The van der Waals surface area contributed by atoms with Gasteiger partial charge in [-0.05, 0) is 25.5 Å². The van der Waals surface area contributed by atoms with Crippen molar-refractivity contribution in [2.24, 2.45) is 0 Å². The maximum absolute atomic E-state index is 12.0. The van der Waals surface area contributed by atoms with Gasteiger partial charge in [-0.15, -0.1) is 0 Å². The molecule has 0 radical (unpaired) electrons. The van der Waals surface area contributed by atoms with Crippen LogP contribution >= 0.6 is 11.6 Å². The van der Waals surface area contributed by atoms with Gasteiger partial charge in [0, 0.05) is 24.3 Å². The van der Waals surface area contributed by atoms with Crippen LogP contribution in [0.3, 0.4) is 0 Å². The van der Waals surface area contributed by atoms with E-state index in [0.717, 1.165) is 12.8 Å². The molecule has 1 atom stereocenters. The maximum Gasteiger partial charge on any atom is 0.272 e. The van der Waals surface area contributed by atoms with Gasteiger partial charge < -0.3 is 4.90 Å². The standard InChI is InChI=1S/C12H17ClN2O/c1-4-5-9(2)15(3)12(16)11-8-10(13)6-7-14-11/h6-9H,4-5H2,1-3H3. The molecule has 16 heavy (non-hydrogen) atoms. The smallest absolute Gasteiger partial charge is 0.272 e.